The lowest BCUT2D eigenvalue weighted by Crippen LogP contribution is -2.42. The van der Waals surface area contributed by atoms with Gasteiger partial charge in [-0.3, -0.25) is 9.59 Å². The Morgan fingerprint density at radius 3 is 2.06 bits per heavy atom. The molecule has 0 aromatic rings. The lowest BCUT2D eigenvalue weighted by atomic mass is 9.82. The van der Waals surface area contributed by atoms with E-state index in [4.69, 9.17) is 9.47 Å². The van der Waals surface area contributed by atoms with E-state index in [-0.39, 0.29) is 6.10 Å². The van der Waals surface area contributed by atoms with Crippen molar-refractivity contribution in [1.29, 1.82) is 0 Å². The molecule has 0 saturated heterocycles. The van der Waals surface area contributed by atoms with Gasteiger partial charge in [0.05, 0.1) is 7.11 Å². The third-order valence-electron chi connectivity index (χ3n) is 4.00. The van der Waals surface area contributed by atoms with Gasteiger partial charge in [-0.15, -0.1) is 0 Å². The Labute approximate surface area is 109 Å². The van der Waals surface area contributed by atoms with Crippen LogP contribution in [0.15, 0.2) is 0 Å². The number of carbonyl (C=O) groups is 2. The summed E-state index contributed by atoms with van der Waals surface area (Å²) in [7, 11) is 1.32. The van der Waals surface area contributed by atoms with Crippen LogP contribution in [0, 0.1) is 5.41 Å². The van der Waals surface area contributed by atoms with Gasteiger partial charge < -0.3 is 9.47 Å². The summed E-state index contributed by atoms with van der Waals surface area (Å²) >= 11 is 0. The maximum absolute atomic E-state index is 12.3. The Balaban J connectivity index is 2.72. The van der Waals surface area contributed by atoms with E-state index in [1.807, 2.05) is 13.8 Å². The molecule has 4 nitrogen and oxygen atoms in total. The zero-order chi connectivity index (χ0) is 13.6. The molecule has 0 heterocycles. The fraction of sp³-hybridized carbons (Fsp3) is 0.857. The number of esters is 2. The lowest BCUT2D eigenvalue weighted by molar-refractivity contribution is -0.176. The largest absolute Gasteiger partial charge is 0.468 e. The van der Waals surface area contributed by atoms with Crippen LogP contribution in [-0.4, -0.2) is 25.2 Å². The van der Waals surface area contributed by atoms with Crippen molar-refractivity contribution in [1.82, 2.24) is 0 Å². The molecule has 1 rings (SSSR count). The molecular weight excluding hydrogens is 232 g/mol. The van der Waals surface area contributed by atoms with Crippen molar-refractivity contribution in [3.8, 4) is 0 Å². The van der Waals surface area contributed by atoms with Gasteiger partial charge in [0.25, 0.3) is 0 Å². The predicted octanol–water partition coefficient (Wildman–Crippen LogP) is 2.84. The molecule has 1 fully saturated rings. The summed E-state index contributed by atoms with van der Waals surface area (Å²) in [6.45, 7) is 3.64. The molecule has 1 saturated carbocycles. The molecule has 1 aliphatic rings. The first-order chi connectivity index (χ1) is 8.60. The lowest BCUT2D eigenvalue weighted by Gasteiger charge is -2.30. The van der Waals surface area contributed by atoms with Gasteiger partial charge in [-0.25, -0.2) is 0 Å². The van der Waals surface area contributed by atoms with Crippen LogP contribution in [0.2, 0.25) is 0 Å². The summed E-state index contributed by atoms with van der Waals surface area (Å²) in [5.41, 5.74) is -1.12. The molecule has 0 aromatic carbocycles. The molecular formula is C14H24O4. The number of methoxy groups -OCH3 is 1. The molecule has 104 valence electrons. The first-order valence-electron chi connectivity index (χ1n) is 6.90. The van der Waals surface area contributed by atoms with Crippen molar-refractivity contribution >= 4 is 11.9 Å². The molecule has 0 atom stereocenters. The summed E-state index contributed by atoms with van der Waals surface area (Å²) in [5.74, 6) is -0.889. The van der Waals surface area contributed by atoms with Gasteiger partial charge in [0.2, 0.25) is 0 Å². The minimum atomic E-state index is -1.12. The normalized spacial score (nSPS) is 17.3. The third kappa shape index (κ3) is 3.03. The number of hydrogen-bond acceptors (Lipinski definition) is 4. The highest BCUT2D eigenvalue weighted by atomic mass is 16.6. The number of ether oxygens (including phenoxy) is 2. The molecule has 18 heavy (non-hydrogen) atoms. The summed E-state index contributed by atoms with van der Waals surface area (Å²) in [6.07, 6.45) is 6.05. The predicted molar refractivity (Wildman–Crippen MR) is 68.0 cm³/mol. The molecule has 0 bridgehead atoms. The molecule has 1 aliphatic carbocycles. The molecule has 0 spiro atoms. The maximum atomic E-state index is 12.3. The Morgan fingerprint density at radius 2 is 1.61 bits per heavy atom. The first kappa shape index (κ1) is 15.0. The molecule has 0 radical (unpaired) electrons. The zero-order valence-corrected chi connectivity index (χ0v) is 11.7. The monoisotopic (exact) mass is 256 g/mol. The Morgan fingerprint density at radius 1 is 1.06 bits per heavy atom. The average Bonchev–Trinajstić information content (AvgIpc) is 2.41. The van der Waals surface area contributed by atoms with Gasteiger partial charge in [-0.2, -0.15) is 0 Å². The van der Waals surface area contributed by atoms with Crippen LogP contribution in [0.5, 0.6) is 0 Å². The van der Waals surface area contributed by atoms with Crippen molar-refractivity contribution in [2.24, 2.45) is 5.41 Å². The van der Waals surface area contributed by atoms with Crippen molar-refractivity contribution in [2.45, 2.75) is 64.9 Å². The molecule has 0 unspecified atom stereocenters. The Hall–Kier alpha value is -1.06. The van der Waals surface area contributed by atoms with E-state index in [9.17, 15) is 9.59 Å². The van der Waals surface area contributed by atoms with Crippen LogP contribution < -0.4 is 0 Å². The summed E-state index contributed by atoms with van der Waals surface area (Å²) < 4.78 is 10.3. The quantitative estimate of drug-likeness (QED) is 0.560. The van der Waals surface area contributed by atoms with Crippen LogP contribution in [0.1, 0.15) is 58.8 Å². The zero-order valence-electron chi connectivity index (χ0n) is 11.7. The second kappa shape index (κ2) is 6.76. The molecule has 4 heteroatoms. The van der Waals surface area contributed by atoms with Crippen LogP contribution in [-0.2, 0) is 19.1 Å². The van der Waals surface area contributed by atoms with Crippen LogP contribution in [0.4, 0.5) is 0 Å². The maximum Gasteiger partial charge on any atom is 0.323 e. The van der Waals surface area contributed by atoms with E-state index in [1.54, 1.807) is 0 Å². The molecule has 0 amide bonds. The second-order valence-electron chi connectivity index (χ2n) is 4.95. The van der Waals surface area contributed by atoms with Gasteiger partial charge in [0.15, 0.2) is 5.41 Å². The summed E-state index contributed by atoms with van der Waals surface area (Å²) in [5, 5.41) is 0. The van der Waals surface area contributed by atoms with Gasteiger partial charge in [0.1, 0.15) is 6.10 Å². The SMILES string of the molecule is CCC(CC)(C(=O)OC)C(=O)OC1CCCCC1. The van der Waals surface area contributed by atoms with Gasteiger partial charge in [0, 0.05) is 0 Å². The second-order valence-corrected chi connectivity index (χ2v) is 4.95. The standard InChI is InChI=1S/C14H24O4/c1-4-14(5-2,12(15)17-3)13(16)18-11-9-7-6-8-10-11/h11H,4-10H2,1-3H3. The minimum absolute atomic E-state index is 0.0200. The summed E-state index contributed by atoms with van der Waals surface area (Å²) in [4.78, 5) is 24.1. The Bertz CT molecular complexity index is 288. The minimum Gasteiger partial charge on any atom is -0.468 e. The van der Waals surface area contributed by atoms with Crippen LogP contribution in [0.3, 0.4) is 0 Å². The van der Waals surface area contributed by atoms with Crippen molar-refractivity contribution in [3.63, 3.8) is 0 Å². The summed E-state index contributed by atoms with van der Waals surface area (Å²) in [6, 6.07) is 0. The van der Waals surface area contributed by atoms with Crippen molar-refractivity contribution in [3.05, 3.63) is 0 Å². The average molecular weight is 256 g/mol. The number of hydrogen-bond donors (Lipinski definition) is 0. The fourth-order valence-electron chi connectivity index (χ4n) is 2.55. The van der Waals surface area contributed by atoms with Crippen LogP contribution in [0.25, 0.3) is 0 Å². The van der Waals surface area contributed by atoms with Crippen LogP contribution >= 0.6 is 0 Å². The molecule has 0 aromatic heterocycles. The van der Waals surface area contributed by atoms with E-state index in [2.05, 4.69) is 0 Å². The van der Waals surface area contributed by atoms with E-state index in [1.165, 1.54) is 13.5 Å². The molecule has 0 aliphatic heterocycles. The third-order valence-corrected chi connectivity index (χ3v) is 4.00. The van der Waals surface area contributed by atoms with Gasteiger partial charge >= 0.3 is 11.9 Å². The smallest absolute Gasteiger partial charge is 0.323 e. The van der Waals surface area contributed by atoms with Gasteiger partial charge in [-0.1, -0.05) is 20.3 Å². The number of rotatable bonds is 5. The first-order valence-corrected chi connectivity index (χ1v) is 6.90. The number of carbonyl (C=O) groups excluding carboxylic acids is 2. The fourth-order valence-corrected chi connectivity index (χ4v) is 2.55. The topological polar surface area (TPSA) is 52.6 Å². The van der Waals surface area contributed by atoms with Gasteiger partial charge in [-0.05, 0) is 38.5 Å². The van der Waals surface area contributed by atoms with E-state index in [0.29, 0.717) is 12.8 Å². The van der Waals surface area contributed by atoms with E-state index < -0.39 is 17.4 Å². The highest BCUT2D eigenvalue weighted by Crippen LogP contribution is 2.32. The molecule has 0 N–H and O–H groups in total. The Kier molecular flexibility index (Phi) is 5.63. The van der Waals surface area contributed by atoms with Crippen molar-refractivity contribution in [2.75, 3.05) is 7.11 Å². The highest BCUT2D eigenvalue weighted by Gasteiger charge is 2.46. The van der Waals surface area contributed by atoms with Crippen molar-refractivity contribution < 1.29 is 19.1 Å². The van der Waals surface area contributed by atoms with E-state index in [0.717, 1.165) is 25.7 Å². The van der Waals surface area contributed by atoms with E-state index >= 15 is 0 Å². The highest BCUT2D eigenvalue weighted by molar-refractivity contribution is 6.00.